The van der Waals surface area contributed by atoms with Crippen LogP contribution in [-0.2, 0) is 0 Å². The average molecular weight is 412 g/mol. The van der Waals surface area contributed by atoms with Crippen LogP contribution in [0.3, 0.4) is 0 Å². The number of carbonyl (C=O) groups excluding carboxylic acids is 1. The van der Waals surface area contributed by atoms with Crippen LogP contribution in [0.5, 0.6) is 0 Å². The summed E-state index contributed by atoms with van der Waals surface area (Å²) in [5.74, 6) is -0.394. The minimum absolute atomic E-state index is 0.175. The fourth-order valence-corrected chi connectivity index (χ4v) is 4.27. The largest absolute Gasteiger partial charge is 0.451 e. The van der Waals surface area contributed by atoms with Crippen molar-refractivity contribution >= 4 is 22.5 Å². The Balaban J connectivity index is 1.61. The van der Waals surface area contributed by atoms with Crippen LogP contribution in [0.15, 0.2) is 47.7 Å². The second-order valence-corrected chi connectivity index (χ2v) is 7.76. The van der Waals surface area contributed by atoms with Crippen LogP contribution < -0.4 is 5.32 Å². The van der Waals surface area contributed by atoms with E-state index in [0.717, 1.165) is 23.7 Å². The summed E-state index contributed by atoms with van der Waals surface area (Å²) in [4.78, 5) is 20.8. The number of anilines is 1. The van der Waals surface area contributed by atoms with Gasteiger partial charge in [-0.25, -0.2) is 4.98 Å². The molecule has 154 valence electrons. The fraction of sp³-hybridized carbons (Fsp3) is 0.261. The summed E-state index contributed by atoms with van der Waals surface area (Å²) >= 11 is 0. The molecule has 1 amide bonds. The van der Waals surface area contributed by atoms with Gasteiger partial charge in [0.1, 0.15) is 6.26 Å². The summed E-state index contributed by atoms with van der Waals surface area (Å²) in [5.41, 5.74) is 4.12. The Labute approximate surface area is 178 Å². The predicted molar refractivity (Wildman–Crippen MR) is 114 cm³/mol. The van der Waals surface area contributed by atoms with Crippen LogP contribution in [-0.4, -0.2) is 25.7 Å². The molecule has 31 heavy (non-hydrogen) atoms. The summed E-state index contributed by atoms with van der Waals surface area (Å²) in [5, 5.41) is 18.4. The van der Waals surface area contributed by atoms with Crippen molar-refractivity contribution in [2.45, 2.75) is 38.6 Å². The smallest absolute Gasteiger partial charge is 0.277 e. The summed E-state index contributed by atoms with van der Waals surface area (Å²) in [6, 6.07) is 8.19. The lowest BCUT2D eigenvalue weighted by Gasteiger charge is -2.14. The molecule has 3 heterocycles. The van der Waals surface area contributed by atoms with Crippen molar-refractivity contribution in [3.63, 3.8) is 0 Å². The van der Waals surface area contributed by atoms with Gasteiger partial charge in [0, 0.05) is 34.6 Å². The van der Waals surface area contributed by atoms with E-state index in [2.05, 4.69) is 27.6 Å². The van der Waals surface area contributed by atoms with Gasteiger partial charge in [0.25, 0.3) is 5.91 Å². The Morgan fingerprint density at radius 1 is 1.29 bits per heavy atom. The zero-order chi connectivity index (χ0) is 21.4. The molecule has 5 rings (SSSR count). The van der Waals surface area contributed by atoms with Crippen molar-refractivity contribution in [1.82, 2.24) is 19.7 Å². The number of amides is 1. The average Bonchev–Trinajstić information content (AvgIpc) is 3.54. The number of aryl methyl sites for hydroxylation is 1. The van der Waals surface area contributed by atoms with Crippen molar-refractivity contribution in [1.29, 1.82) is 5.26 Å². The van der Waals surface area contributed by atoms with Gasteiger partial charge in [-0.15, -0.1) is 0 Å². The Hall–Kier alpha value is -3.99. The minimum atomic E-state index is -0.394. The molecule has 4 aromatic rings. The van der Waals surface area contributed by atoms with Crippen LogP contribution in [0.1, 0.15) is 53.5 Å². The Morgan fingerprint density at radius 3 is 2.87 bits per heavy atom. The van der Waals surface area contributed by atoms with E-state index in [1.54, 1.807) is 12.3 Å². The normalized spacial score (nSPS) is 14.1. The highest BCUT2D eigenvalue weighted by Crippen LogP contribution is 2.36. The van der Waals surface area contributed by atoms with Crippen LogP contribution in [0.4, 0.5) is 5.69 Å². The molecule has 1 fully saturated rings. The number of nitrogens with zero attached hydrogens (tertiary/aromatic N) is 5. The number of pyridine rings is 1. The molecule has 0 spiro atoms. The first-order chi connectivity index (χ1) is 15.1. The number of rotatable bonds is 4. The Bertz CT molecular complexity index is 1310. The molecule has 0 bridgehead atoms. The van der Waals surface area contributed by atoms with E-state index in [0.29, 0.717) is 34.1 Å². The lowest BCUT2D eigenvalue weighted by atomic mass is 9.96. The zero-order valence-electron chi connectivity index (χ0n) is 17.0. The molecule has 8 heteroatoms. The third-order valence-electron chi connectivity index (χ3n) is 5.80. The zero-order valence-corrected chi connectivity index (χ0v) is 17.0. The molecule has 0 radical (unpaired) electrons. The van der Waals surface area contributed by atoms with Crippen molar-refractivity contribution in [2.75, 3.05) is 5.32 Å². The Morgan fingerprint density at radius 2 is 2.13 bits per heavy atom. The molecular weight excluding hydrogens is 392 g/mol. The first-order valence-corrected chi connectivity index (χ1v) is 10.2. The van der Waals surface area contributed by atoms with Gasteiger partial charge < -0.3 is 9.73 Å². The Kier molecular flexibility index (Phi) is 4.71. The molecule has 1 aliphatic carbocycles. The first-order valence-electron chi connectivity index (χ1n) is 10.2. The molecule has 1 aromatic carbocycles. The highest BCUT2D eigenvalue weighted by Gasteiger charge is 2.21. The van der Waals surface area contributed by atoms with E-state index in [1.165, 1.54) is 25.5 Å². The summed E-state index contributed by atoms with van der Waals surface area (Å²) in [6.07, 6.45) is 10.9. The molecule has 0 unspecified atom stereocenters. The molecule has 1 saturated carbocycles. The number of aromatic nitrogens is 4. The minimum Gasteiger partial charge on any atom is -0.451 e. The standard InChI is InChI=1S/C23H20N6O2/c1-14-22(19(6-7-25-14)27-23(30)21-12-31-13-26-21)18-8-16-11-29(17-4-2-3-5-17)28-20(16)9-15(18)10-24/h6-9,11-13,17H,2-5H2,1H3,(H,25,27,30). The van der Waals surface area contributed by atoms with Gasteiger partial charge in [-0.05, 0) is 38.0 Å². The molecule has 1 N–H and O–H groups in total. The van der Waals surface area contributed by atoms with Gasteiger partial charge in [-0.1, -0.05) is 12.8 Å². The van der Waals surface area contributed by atoms with Crippen LogP contribution >= 0.6 is 0 Å². The number of hydrogen-bond acceptors (Lipinski definition) is 6. The van der Waals surface area contributed by atoms with Crippen LogP contribution in [0, 0.1) is 18.3 Å². The van der Waals surface area contributed by atoms with Gasteiger partial charge in [-0.3, -0.25) is 14.5 Å². The number of fused-ring (bicyclic) bond motifs is 1. The molecule has 0 atom stereocenters. The van der Waals surface area contributed by atoms with Gasteiger partial charge >= 0.3 is 0 Å². The SMILES string of the molecule is Cc1nccc(NC(=O)c2cocn2)c1-c1cc2cn(C3CCCC3)nc2cc1C#N. The van der Waals surface area contributed by atoms with E-state index in [-0.39, 0.29) is 5.69 Å². The number of oxazole rings is 1. The summed E-state index contributed by atoms with van der Waals surface area (Å²) in [6.45, 7) is 1.86. The maximum absolute atomic E-state index is 12.6. The van der Waals surface area contributed by atoms with E-state index in [1.807, 2.05) is 23.7 Å². The van der Waals surface area contributed by atoms with Crippen molar-refractivity contribution < 1.29 is 9.21 Å². The van der Waals surface area contributed by atoms with E-state index in [9.17, 15) is 10.1 Å². The first kappa shape index (κ1) is 19.0. The highest BCUT2D eigenvalue weighted by atomic mass is 16.3. The van der Waals surface area contributed by atoms with Crippen molar-refractivity contribution in [3.05, 3.63) is 60.2 Å². The second kappa shape index (κ2) is 7.69. The van der Waals surface area contributed by atoms with Crippen molar-refractivity contribution in [3.8, 4) is 17.2 Å². The molecule has 1 aliphatic rings. The molecule has 0 aliphatic heterocycles. The predicted octanol–water partition coefficient (Wildman–Crippen LogP) is 4.63. The third-order valence-corrected chi connectivity index (χ3v) is 5.80. The molecule has 0 saturated heterocycles. The summed E-state index contributed by atoms with van der Waals surface area (Å²) < 4.78 is 6.94. The number of hydrogen-bond donors (Lipinski definition) is 1. The summed E-state index contributed by atoms with van der Waals surface area (Å²) in [7, 11) is 0. The second-order valence-electron chi connectivity index (χ2n) is 7.76. The van der Waals surface area contributed by atoms with Crippen LogP contribution in [0.25, 0.3) is 22.0 Å². The van der Waals surface area contributed by atoms with Crippen molar-refractivity contribution in [2.24, 2.45) is 0 Å². The van der Waals surface area contributed by atoms with Gasteiger partial charge in [0.15, 0.2) is 12.1 Å². The van der Waals surface area contributed by atoms with Gasteiger partial charge in [0.05, 0.1) is 28.9 Å². The monoisotopic (exact) mass is 412 g/mol. The topological polar surface area (TPSA) is 110 Å². The molecular formula is C23H20N6O2. The maximum Gasteiger partial charge on any atom is 0.277 e. The van der Waals surface area contributed by atoms with E-state index < -0.39 is 5.91 Å². The fourth-order valence-electron chi connectivity index (χ4n) is 4.27. The molecule has 8 nitrogen and oxygen atoms in total. The van der Waals surface area contributed by atoms with Crippen LogP contribution in [0.2, 0.25) is 0 Å². The maximum atomic E-state index is 12.6. The number of nitriles is 1. The lowest BCUT2D eigenvalue weighted by Crippen LogP contribution is -2.13. The van der Waals surface area contributed by atoms with E-state index in [4.69, 9.17) is 9.52 Å². The van der Waals surface area contributed by atoms with Gasteiger partial charge in [-0.2, -0.15) is 10.4 Å². The number of benzene rings is 1. The lowest BCUT2D eigenvalue weighted by molar-refractivity contribution is 0.102. The highest BCUT2D eigenvalue weighted by molar-refractivity contribution is 6.05. The molecule has 3 aromatic heterocycles. The van der Waals surface area contributed by atoms with E-state index >= 15 is 0 Å². The third kappa shape index (κ3) is 3.44. The number of carbonyl (C=O) groups is 1. The quantitative estimate of drug-likeness (QED) is 0.523. The number of nitrogens with one attached hydrogen (secondary N) is 1. The van der Waals surface area contributed by atoms with Gasteiger partial charge in [0.2, 0.25) is 0 Å².